The lowest BCUT2D eigenvalue weighted by atomic mass is 10.0. The standard InChI is InChI=1S/C31H39N7O10S2/c1-15(17-9-19(40)20(41)10-32-17)38(7,8)11-16-12-49-26-22(25(43)37(26)23(16)27(44)45)35-24(42)21(18-13-50-29(34-18)33-14-39)36-48-31(5,6)28(46)47-30(2,3)4/h9-10,13-15,22,26H,11-12H2,1-8H3,(H4-,32,33,34,35,36,39,40,41,42,44,45)/t15?,22-,26-/m1/s1. The number of hydrogen-bond donors (Lipinski definition) is 4. The zero-order valence-electron chi connectivity index (χ0n) is 28.7. The number of thioether (sulfide) groups is 1. The Morgan fingerprint density at radius 2 is 1.94 bits per heavy atom. The van der Waals surface area contributed by atoms with Crippen molar-refractivity contribution in [1.82, 2.24) is 20.2 Å². The number of aliphatic carboxylic acids is 1. The Balaban J connectivity index is 1.57. The van der Waals surface area contributed by atoms with E-state index in [1.807, 2.05) is 21.0 Å². The molecule has 2 aromatic rings. The molecule has 3 amide bonds. The molecule has 50 heavy (non-hydrogen) atoms. The highest BCUT2D eigenvalue weighted by Gasteiger charge is 2.54. The van der Waals surface area contributed by atoms with Crippen molar-refractivity contribution in [2.75, 3.05) is 31.7 Å². The number of fused-ring (bicyclic) bond motifs is 1. The van der Waals surface area contributed by atoms with Gasteiger partial charge in [0.2, 0.25) is 17.4 Å². The number of esters is 1. The number of aromatic hydroxyl groups is 1. The Kier molecular flexibility index (Phi) is 10.8. The number of β-lactam (4-membered cyclic amide) rings is 1. The Morgan fingerprint density at radius 3 is 2.54 bits per heavy atom. The van der Waals surface area contributed by atoms with Crippen LogP contribution in [0.25, 0.3) is 0 Å². The molecular weight excluding hydrogens is 695 g/mol. The first kappa shape index (κ1) is 38.1. The van der Waals surface area contributed by atoms with Crippen molar-refractivity contribution in [3.63, 3.8) is 0 Å². The van der Waals surface area contributed by atoms with E-state index in [0.717, 1.165) is 16.2 Å². The number of ether oxygens (including phenoxy) is 1. The molecule has 0 spiro atoms. The van der Waals surface area contributed by atoms with Crippen molar-refractivity contribution in [2.45, 2.75) is 70.2 Å². The van der Waals surface area contributed by atoms with Gasteiger partial charge >= 0.3 is 5.97 Å². The van der Waals surface area contributed by atoms with E-state index in [1.165, 1.54) is 43.3 Å². The largest absolute Gasteiger partial charge is 0.543 e. The molecule has 1 unspecified atom stereocenters. The summed E-state index contributed by atoms with van der Waals surface area (Å²) in [7, 11) is 3.66. The van der Waals surface area contributed by atoms with Crippen molar-refractivity contribution in [2.24, 2.45) is 5.16 Å². The summed E-state index contributed by atoms with van der Waals surface area (Å²) < 4.78 is 5.56. The van der Waals surface area contributed by atoms with E-state index in [-0.39, 0.29) is 39.3 Å². The first-order valence-corrected chi connectivity index (χ1v) is 17.2. The number of aromatic amines is 1. The molecule has 0 saturated carbocycles. The van der Waals surface area contributed by atoms with Crippen LogP contribution in [-0.4, -0.2) is 109 Å². The highest BCUT2D eigenvalue weighted by molar-refractivity contribution is 8.00. The maximum absolute atomic E-state index is 13.6. The molecule has 2 aliphatic heterocycles. The van der Waals surface area contributed by atoms with Crippen LogP contribution in [0.15, 0.2) is 38.9 Å². The molecule has 19 heteroatoms. The molecule has 0 aliphatic carbocycles. The molecule has 0 bridgehead atoms. The van der Waals surface area contributed by atoms with Gasteiger partial charge in [-0.05, 0) is 41.5 Å². The summed E-state index contributed by atoms with van der Waals surface area (Å²) in [6.45, 7) is 9.80. The highest BCUT2D eigenvalue weighted by atomic mass is 32.2. The van der Waals surface area contributed by atoms with Crippen LogP contribution in [0.5, 0.6) is 5.75 Å². The molecular formula is C31H39N7O10S2. The Labute approximate surface area is 295 Å². The summed E-state index contributed by atoms with van der Waals surface area (Å²) in [4.78, 5) is 88.9. The number of anilines is 1. The van der Waals surface area contributed by atoms with Crippen LogP contribution in [0.4, 0.5) is 5.13 Å². The van der Waals surface area contributed by atoms with Crippen LogP contribution in [0.1, 0.15) is 59.0 Å². The minimum atomic E-state index is -1.65. The van der Waals surface area contributed by atoms with Gasteiger partial charge in [-0.25, -0.2) is 9.78 Å². The van der Waals surface area contributed by atoms with Gasteiger partial charge in [0.25, 0.3) is 11.8 Å². The van der Waals surface area contributed by atoms with E-state index in [9.17, 15) is 39.0 Å². The third kappa shape index (κ3) is 8.16. The number of rotatable bonds is 13. The number of carboxylic acid groups (broad SMARTS) is 1. The second-order valence-electron chi connectivity index (χ2n) is 13.7. The number of likely N-dealkylation sites (N-methyl/N-ethyl adjacent to an activating group) is 1. The number of pyridine rings is 1. The van der Waals surface area contributed by atoms with Gasteiger partial charge in [-0.2, -0.15) is 0 Å². The van der Waals surface area contributed by atoms with Crippen LogP contribution in [-0.2, 0) is 33.5 Å². The molecule has 4 rings (SSSR count). The minimum absolute atomic E-state index is 0.0292. The number of aromatic nitrogens is 2. The third-order valence-corrected chi connectivity index (χ3v) is 10.1. The van der Waals surface area contributed by atoms with Gasteiger partial charge in [-0.15, -0.1) is 23.1 Å². The van der Waals surface area contributed by atoms with Crippen molar-refractivity contribution in [1.29, 1.82) is 0 Å². The van der Waals surface area contributed by atoms with Crippen LogP contribution in [0.2, 0.25) is 0 Å². The smallest absolute Gasteiger partial charge is 0.353 e. The van der Waals surface area contributed by atoms with E-state index in [4.69, 9.17) is 9.57 Å². The average Bonchev–Trinajstić information content (AvgIpc) is 3.47. The van der Waals surface area contributed by atoms with Gasteiger partial charge in [0, 0.05) is 29.0 Å². The van der Waals surface area contributed by atoms with Gasteiger partial charge in [0.1, 0.15) is 35.3 Å². The molecule has 1 fully saturated rings. The zero-order chi connectivity index (χ0) is 37.3. The summed E-state index contributed by atoms with van der Waals surface area (Å²) in [5.41, 5.74) is -2.86. The Hall–Kier alpha value is -4.75. The van der Waals surface area contributed by atoms with E-state index in [1.54, 1.807) is 20.8 Å². The molecule has 2 aliphatic rings. The predicted octanol–water partition coefficient (Wildman–Crippen LogP) is 0.188. The number of oxime groups is 1. The summed E-state index contributed by atoms with van der Waals surface area (Å²) in [5.74, 6) is -4.18. The van der Waals surface area contributed by atoms with E-state index in [0.29, 0.717) is 17.7 Å². The Morgan fingerprint density at radius 1 is 1.26 bits per heavy atom. The number of H-pyrrole nitrogens is 1. The van der Waals surface area contributed by atoms with Crippen LogP contribution >= 0.6 is 23.1 Å². The fourth-order valence-corrected chi connectivity index (χ4v) is 7.02. The van der Waals surface area contributed by atoms with Gasteiger partial charge in [0.15, 0.2) is 16.6 Å². The first-order chi connectivity index (χ1) is 23.2. The lowest BCUT2D eigenvalue weighted by Crippen LogP contribution is -2.71. The number of thiazole rings is 1. The summed E-state index contributed by atoms with van der Waals surface area (Å²) in [6.07, 6.45) is 1.59. The zero-order valence-corrected chi connectivity index (χ0v) is 30.3. The second-order valence-corrected chi connectivity index (χ2v) is 15.7. The van der Waals surface area contributed by atoms with E-state index >= 15 is 0 Å². The molecule has 4 heterocycles. The number of nitrogens with one attached hydrogen (secondary N) is 3. The third-order valence-electron chi connectivity index (χ3n) is 7.94. The number of amides is 3. The van der Waals surface area contributed by atoms with Crippen LogP contribution in [0, 0.1) is 0 Å². The SMILES string of the molecule is CC(c1cc(=O)c(O)c[nH]1)[N+](C)(C)CC1=C(C(=O)[O-])N2C(=O)[C@@H](NC(=O)/C(=N/OC(C)(C)C(=O)OC(C)(C)C)c3csc(NC=O)n3)[C@H]2SC1. The van der Waals surface area contributed by atoms with Crippen LogP contribution in [0.3, 0.4) is 0 Å². The molecule has 0 radical (unpaired) electrons. The first-order valence-electron chi connectivity index (χ1n) is 15.3. The second kappa shape index (κ2) is 14.2. The maximum atomic E-state index is 13.6. The van der Waals surface area contributed by atoms with Crippen molar-refractivity contribution < 1.29 is 48.2 Å². The summed E-state index contributed by atoms with van der Waals surface area (Å²) in [6, 6.07) is -0.242. The quantitative estimate of drug-likeness (QED) is 0.0540. The number of carboxylic acids is 1. The Bertz CT molecular complexity index is 1830. The van der Waals surface area contributed by atoms with Gasteiger partial charge in [0.05, 0.1) is 31.5 Å². The van der Waals surface area contributed by atoms with Gasteiger partial charge in [-0.3, -0.25) is 24.1 Å². The fraction of sp³-hybridized carbons (Fsp3) is 0.484. The number of quaternary nitrogens is 1. The molecule has 3 atom stereocenters. The molecule has 4 N–H and O–H groups in total. The van der Waals surface area contributed by atoms with Crippen LogP contribution < -0.4 is 21.2 Å². The number of hydrogen-bond acceptors (Lipinski definition) is 14. The monoisotopic (exact) mass is 733 g/mol. The van der Waals surface area contributed by atoms with E-state index in [2.05, 4.69) is 25.8 Å². The number of carbonyl (C=O) groups is 5. The molecule has 2 aromatic heterocycles. The maximum Gasteiger partial charge on any atom is 0.353 e. The molecule has 0 aromatic carbocycles. The number of nitrogens with zero attached hydrogens (tertiary/aromatic N) is 4. The lowest BCUT2D eigenvalue weighted by Gasteiger charge is -2.51. The van der Waals surface area contributed by atoms with E-state index < -0.39 is 63.3 Å². The minimum Gasteiger partial charge on any atom is -0.543 e. The predicted molar refractivity (Wildman–Crippen MR) is 181 cm³/mol. The lowest BCUT2D eigenvalue weighted by molar-refractivity contribution is -0.915. The average molecular weight is 734 g/mol. The van der Waals surface area contributed by atoms with Crippen molar-refractivity contribution in [3.8, 4) is 5.75 Å². The molecule has 1 saturated heterocycles. The van der Waals surface area contributed by atoms with Crippen molar-refractivity contribution >= 4 is 64.1 Å². The molecule has 17 nitrogen and oxygen atoms in total. The topological polar surface area (TPSA) is 233 Å². The van der Waals surface area contributed by atoms with Gasteiger partial charge < -0.3 is 44.7 Å². The fourth-order valence-electron chi connectivity index (χ4n) is 5.03. The highest BCUT2D eigenvalue weighted by Crippen LogP contribution is 2.41. The summed E-state index contributed by atoms with van der Waals surface area (Å²) in [5, 5.41) is 31.7. The molecule has 270 valence electrons. The van der Waals surface area contributed by atoms with Crippen molar-refractivity contribution in [3.05, 3.63) is 50.5 Å². The number of carbonyl (C=O) groups excluding carboxylic acids is 5. The van der Waals surface area contributed by atoms with Gasteiger partial charge in [-0.1, -0.05) is 5.16 Å². The normalized spacial score (nSPS) is 18.8. The summed E-state index contributed by atoms with van der Waals surface area (Å²) >= 11 is 2.22.